The van der Waals surface area contributed by atoms with Crippen LogP contribution in [0, 0.1) is 5.82 Å². The van der Waals surface area contributed by atoms with Gasteiger partial charge in [-0.05, 0) is 33.8 Å². The number of carbonyl (C=O) groups excluding carboxylic acids is 1. The van der Waals surface area contributed by atoms with Crippen LogP contribution in [0.15, 0.2) is 24.3 Å². The van der Waals surface area contributed by atoms with E-state index in [-0.39, 0.29) is 0 Å². The minimum atomic E-state index is -4.81. The van der Waals surface area contributed by atoms with Crippen LogP contribution in [0.3, 0.4) is 0 Å². The summed E-state index contributed by atoms with van der Waals surface area (Å²) in [6.07, 6.45) is 0. The lowest BCUT2D eigenvalue weighted by Crippen LogP contribution is -2.59. The first-order valence-electron chi connectivity index (χ1n) is 7.06. The van der Waals surface area contributed by atoms with E-state index in [0.717, 1.165) is 18.2 Å². The average molecular weight is 369 g/mol. The van der Waals surface area contributed by atoms with E-state index in [1.165, 1.54) is 33.8 Å². The fourth-order valence-corrected chi connectivity index (χ4v) is 2.47. The smallest absolute Gasteiger partial charge is 0.394 e. The standard InChI is InChI=1S/C15H19F4NO3S/c1-5-23-12(21)14(17,18)15(19,20-24(22)13(2,3)4)10-8-6-7-9-11(10)16/h6-9,20H,5H2,1-4H3/t15-,24-/m1/s1. The van der Waals surface area contributed by atoms with Crippen molar-refractivity contribution in [3.8, 4) is 0 Å². The Balaban J connectivity index is 3.50. The molecular weight excluding hydrogens is 350 g/mol. The Morgan fingerprint density at radius 1 is 1.21 bits per heavy atom. The van der Waals surface area contributed by atoms with Crippen molar-refractivity contribution in [2.24, 2.45) is 0 Å². The molecule has 0 saturated heterocycles. The molecule has 0 aliphatic rings. The molecule has 0 aliphatic carbocycles. The summed E-state index contributed by atoms with van der Waals surface area (Å²) in [5, 5.41) is 0. The third-order valence-electron chi connectivity index (χ3n) is 3.00. The number of rotatable bonds is 6. The fraction of sp³-hybridized carbons (Fsp3) is 0.533. The maximum atomic E-state index is 15.3. The average Bonchev–Trinajstić information content (AvgIpc) is 2.46. The van der Waals surface area contributed by atoms with Gasteiger partial charge in [-0.3, -0.25) is 0 Å². The summed E-state index contributed by atoms with van der Waals surface area (Å²) < 4.78 is 75.0. The second kappa shape index (κ2) is 7.18. The van der Waals surface area contributed by atoms with Crippen molar-refractivity contribution in [3.63, 3.8) is 0 Å². The molecule has 2 atom stereocenters. The van der Waals surface area contributed by atoms with Gasteiger partial charge in [0, 0.05) is 5.56 Å². The third-order valence-corrected chi connectivity index (χ3v) is 4.58. The first-order chi connectivity index (χ1) is 10.9. The van der Waals surface area contributed by atoms with Gasteiger partial charge in [-0.15, -0.1) is 0 Å². The molecular formula is C15H19F4NO3S. The van der Waals surface area contributed by atoms with Crippen molar-refractivity contribution < 1.29 is 31.3 Å². The molecule has 1 aromatic carbocycles. The fourth-order valence-electron chi connectivity index (χ4n) is 1.67. The number of hydrogen-bond acceptors (Lipinski definition) is 3. The Hall–Kier alpha value is -1.48. The molecule has 4 nitrogen and oxygen atoms in total. The van der Waals surface area contributed by atoms with Crippen LogP contribution in [0.25, 0.3) is 0 Å². The molecule has 9 heteroatoms. The van der Waals surface area contributed by atoms with E-state index in [1.54, 1.807) is 4.72 Å². The summed E-state index contributed by atoms with van der Waals surface area (Å²) in [6.45, 7) is 5.04. The number of esters is 1. The molecule has 0 spiro atoms. The van der Waals surface area contributed by atoms with E-state index >= 15 is 4.39 Å². The minimum absolute atomic E-state index is 0.426. The number of halogens is 4. The molecule has 0 bridgehead atoms. The van der Waals surface area contributed by atoms with Crippen molar-refractivity contribution in [2.75, 3.05) is 6.61 Å². The zero-order valence-corrected chi connectivity index (χ0v) is 14.5. The SMILES string of the molecule is CCOC(=O)C(F)(F)[C@](F)(N[S@](=O)C(C)(C)C)c1ccccc1F. The van der Waals surface area contributed by atoms with Crippen LogP contribution in [-0.2, 0) is 26.3 Å². The number of ether oxygens (including phenoxy) is 1. The van der Waals surface area contributed by atoms with Gasteiger partial charge < -0.3 is 4.74 Å². The monoisotopic (exact) mass is 369 g/mol. The van der Waals surface area contributed by atoms with E-state index in [2.05, 4.69) is 4.74 Å². The van der Waals surface area contributed by atoms with Crippen LogP contribution in [0.2, 0.25) is 0 Å². The molecule has 0 amide bonds. The molecule has 1 aromatic rings. The summed E-state index contributed by atoms with van der Waals surface area (Å²) in [4.78, 5) is 11.6. The summed E-state index contributed by atoms with van der Waals surface area (Å²) in [7, 11) is -2.36. The minimum Gasteiger partial charge on any atom is -0.461 e. The molecule has 0 radical (unpaired) electrons. The molecule has 0 unspecified atom stereocenters. The van der Waals surface area contributed by atoms with E-state index in [0.29, 0.717) is 0 Å². The molecule has 1 N–H and O–H groups in total. The van der Waals surface area contributed by atoms with Gasteiger partial charge in [-0.25, -0.2) is 17.8 Å². The first kappa shape index (κ1) is 20.6. The highest BCUT2D eigenvalue weighted by Crippen LogP contribution is 2.42. The molecule has 0 heterocycles. The van der Waals surface area contributed by atoms with Gasteiger partial charge in [-0.1, -0.05) is 18.2 Å². The summed E-state index contributed by atoms with van der Waals surface area (Å²) in [5.41, 5.74) is -1.14. The summed E-state index contributed by atoms with van der Waals surface area (Å²) >= 11 is 0. The zero-order chi connectivity index (χ0) is 18.8. The first-order valence-corrected chi connectivity index (χ1v) is 8.21. The highest BCUT2D eigenvalue weighted by Gasteiger charge is 2.65. The Kier molecular flexibility index (Phi) is 6.15. The predicted molar refractivity (Wildman–Crippen MR) is 81.8 cm³/mol. The predicted octanol–water partition coefficient (Wildman–Crippen LogP) is 3.20. The van der Waals surface area contributed by atoms with Gasteiger partial charge in [0.25, 0.3) is 5.79 Å². The molecule has 0 fully saturated rings. The Morgan fingerprint density at radius 2 is 1.75 bits per heavy atom. The highest BCUT2D eigenvalue weighted by atomic mass is 32.2. The molecule has 24 heavy (non-hydrogen) atoms. The number of benzene rings is 1. The van der Waals surface area contributed by atoms with Gasteiger partial charge in [0.1, 0.15) is 16.8 Å². The number of alkyl halides is 3. The largest absolute Gasteiger partial charge is 0.461 e. The molecule has 0 aromatic heterocycles. The van der Waals surface area contributed by atoms with Crippen molar-refractivity contribution in [1.82, 2.24) is 4.72 Å². The highest BCUT2D eigenvalue weighted by molar-refractivity contribution is 7.84. The van der Waals surface area contributed by atoms with Crippen LogP contribution in [0.4, 0.5) is 17.6 Å². The van der Waals surface area contributed by atoms with Crippen LogP contribution in [-0.4, -0.2) is 27.5 Å². The van der Waals surface area contributed by atoms with Gasteiger partial charge in [0.05, 0.1) is 11.4 Å². The van der Waals surface area contributed by atoms with Gasteiger partial charge >= 0.3 is 11.9 Å². The Morgan fingerprint density at radius 3 is 2.21 bits per heavy atom. The maximum absolute atomic E-state index is 15.3. The van der Waals surface area contributed by atoms with Gasteiger partial charge in [-0.2, -0.15) is 13.5 Å². The number of hydrogen-bond donors (Lipinski definition) is 1. The second-order valence-electron chi connectivity index (χ2n) is 5.92. The van der Waals surface area contributed by atoms with Crippen molar-refractivity contribution in [1.29, 1.82) is 0 Å². The van der Waals surface area contributed by atoms with E-state index < -0.39 is 51.4 Å². The third kappa shape index (κ3) is 3.94. The van der Waals surface area contributed by atoms with Gasteiger partial charge in [0.2, 0.25) is 0 Å². The lowest BCUT2D eigenvalue weighted by atomic mass is 9.98. The summed E-state index contributed by atoms with van der Waals surface area (Å²) in [5.74, 6) is -12.4. The summed E-state index contributed by atoms with van der Waals surface area (Å²) in [6, 6.07) is 3.79. The van der Waals surface area contributed by atoms with Crippen molar-refractivity contribution in [2.45, 2.75) is 44.2 Å². The van der Waals surface area contributed by atoms with Gasteiger partial charge in [0.15, 0.2) is 0 Å². The molecule has 0 aliphatic heterocycles. The van der Waals surface area contributed by atoms with Crippen molar-refractivity contribution >= 4 is 17.0 Å². The van der Waals surface area contributed by atoms with E-state index in [9.17, 15) is 22.2 Å². The van der Waals surface area contributed by atoms with Crippen molar-refractivity contribution in [3.05, 3.63) is 35.6 Å². The molecule has 1 rings (SSSR count). The zero-order valence-electron chi connectivity index (χ0n) is 13.7. The molecule has 0 saturated carbocycles. The normalized spacial score (nSPS) is 16.3. The molecule has 136 valence electrons. The topological polar surface area (TPSA) is 55.4 Å². The van der Waals surface area contributed by atoms with Crippen LogP contribution >= 0.6 is 0 Å². The lowest BCUT2D eigenvalue weighted by molar-refractivity contribution is -0.202. The Labute approximate surface area is 140 Å². The van der Waals surface area contributed by atoms with Crippen LogP contribution in [0.1, 0.15) is 33.3 Å². The van der Waals surface area contributed by atoms with Crippen LogP contribution in [0.5, 0.6) is 0 Å². The van der Waals surface area contributed by atoms with E-state index in [1.807, 2.05) is 0 Å². The number of carbonyl (C=O) groups is 1. The van der Waals surface area contributed by atoms with E-state index in [4.69, 9.17) is 0 Å². The Bertz CT molecular complexity index is 633. The lowest BCUT2D eigenvalue weighted by Gasteiger charge is -2.34. The number of nitrogens with one attached hydrogen (secondary N) is 1. The maximum Gasteiger partial charge on any atom is 0.394 e. The quantitative estimate of drug-likeness (QED) is 0.476. The van der Waals surface area contributed by atoms with Crippen LogP contribution < -0.4 is 4.72 Å². The second-order valence-corrected chi connectivity index (χ2v) is 7.88.